The molecule has 1 atom stereocenters. The van der Waals surface area contributed by atoms with Crippen molar-refractivity contribution in [2.24, 2.45) is 0 Å². The smallest absolute Gasteiger partial charge is 0.267 e. The fourth-order valence-corrected chi connectivity index (χ4v) is 6.26. The first-order chi connectivity index (χ1) is 12.4. The number of rotatable bonds is 6. The van der Waals surface area contributed by atoms with Crippen LogP contribution in [-0.4, -0.2) is 59.1 Å². The standard InChI is InChI=1S/C18H22N2O3S3/c1-2-19(15-9-11-26(22,23)13-15)12-16-17(21)20(18(24)25-16)10-8-14-6-4-3-5-7-14/h3-7,12,15H,2,8-11,13H2,1H3/b16-12-. The van der Waals surface area contributed by atoms with Crippen LogP contribution >= 0.6 is 24.0 Å². The number of hydrogen-bond acceptors (Lipinski definition) is 6. The molecule has 0 bridgehead atoms. The van der Waals surface area contributed by atoms with Crippen molar-refractivity contribution in [3.63, 3.8) is 0 Å². The molecule has 0 radical (unpaired) electrons. The van der Waals surface area contributed by atoms with Crippen LogP contribution in [0.15, 0.2) is 41.4 Å². The molecule has 5 nitrogen and oxygen atoms in total. The predicted molar refractivity (Wildman–Crippen MR) is 110 cm³/mol. The van der Waals surface area contributed by atoms with E-state index in [0.717, 1.165) is 12.0 Å². The number of amides is 1. The van der Waals surface area contributed by atoms with Gasteiger partial charge in [-0.2, -0.15) is 0 Å². The van der Waals surface area contributed by atoms with Crippen LogP contribution in [-0.2, 0) is 21.1 Å². The topological polar surface area (TPSA) is 57.7 Å². The third-order valence-electron chi connectivity index (χ3n) is 4.67. The van der Waals surface area contributed by atoms with Crippen LogP contribution in [0.25, 0.3) is 0 Å². The summed E-state index contributed by atoms with van der Waals surface area (Å²) in [6, 6.07) is 9.94. The summed E-state index contributed by atoms with van der Waals surface area (Å²) in [5, 5.41) is 0. The van der Waals surface area contributed by atoms with Gasteiger partial charge in [0.05, 0.1) is 16.4 Å². The number of carbonyl (C=O) groups excluding carboxylic acids is 1. The van der Waals surface area contributed by atoms with Gasteiger partial charge >= 0.3 is 0 Å². The van der Waals surface area contributed by atoms with E-state index in [-0.39, 0.29) is 23.5 Å². The lowest BCUT2D eigenvalue weighted by Crippen LogP contribution is -2.33. The van der Waals surface area contributed by atoms with Crippen LogP contribution in [0.1, 0.15) is 18.9 Å². The third kappa shape index (κ3) is 4.47. The Morgan fingerprint density at radius 2 is 2.08 bits per heavy atom. The highest BCUT2D eigenvalue weighted by Gasteiger charge is 2.35. The van der Waals surface area contributed by atoms with E-state index in [4.69, 9.17) is 12.2 Å². The zero-order valence-corrected chi connectivity index (χ0v) is 17.1. The number of nitrogens with zero attached hydrogens (tertiary/aromatic N) is 2. The fraction of sp³-hybridized carbons (Fsp3) is 0.444. The number of carbonyl (C=O) groups is 1. The summed E-state index contributed by atoms with van der Waals surface area (Å²) in [4.78, 5) is 16.9. The van der Waals surface area contributed by atoms with E-state index in [1.54, 1.807) is 11.1 Å². The Kier molecular flexibility index (Phi) is 6.04. The molecule has 2 aliphatic rings. The summed E-state index contributed by atoms with van der Waals surface area (Å²) in [6.45, 7) is 3.18. The molecule has 2 aliphatic heterocycles. The molecule has 0 saturated carbocycles. The van der Waals surface area contributed by atoms with Crippen LogP contribution in [0, 0.1) is 0 Å². The maximum absolute atomic E-state index is 12.7. The Morgan fingerprint density at radius 3 is 2.69 bits per heavy atom. The summed E-state index contributed by atoms with van der Waals surface area (Å²) in [7, 11) is -2.96. The van der Waals surface area contributed by atoms with Crippen molar-refractivity contribution in [2.45, 2.75) is 25.8 Å². The van der Waals surface area contributed by atoms with Crippen LogP contribution < -0.4 is 0 Å². The number of thiocarbonyl (C=S) groups is 1. The zero-order chi connectivity index (χ0) is 18.7. The van der Waals surface area contributed by atoms with E-state index in [2.05, 4.69) is 0 Å². The maximum atomic E-state index is 12.7. The molecule has 1 aromatic carbocycles. The van der Waals surface area contributed by atoms with Crippen molar-refractivity contribution < 1.29 is 13.2 Å². The lowest BCUT2D eigenvalue weighted by molar-refractivity contribution is -0.122. The highest BCUT2D eigenvalue weighted by molar-refractivity contribution is 8.26. The number of benzene rings is 1. The van der Waals surface area contributed by atoms with Gasteiger partial charge in [-0.25, -0.2) is 8.42 Å². The average Bonchev–Trinajstić information content (AvgIpc) is 3.11. The molecule has 1 aromatic rings. The van der Waals surface area contributed by atoms with Crippen molar-refractivity contribution in [3.05, 3.63) is 47.0 Å². The zero-order valence-electron chi connectivity index (χ0n) is 14.6. The molecule has 26 heavy (non-hydrogen) atoms. The van der Waals surface area contributed by atoms with E-state index in [0.29, 0.717) is 28.7 Å². The quantitative estimate of drug-likeness (QED) is 0.530. The van der Waals surface area contributed by atoms with Gasteiger partial charge in [-0.3, -0.25) is 9.69 Å². The lowest BCUT2D eigenvalue weighted by atomic mass is 10.1. The van der Waals surface area contributed by atoms with Crippen LogP contribution in [0.3, 0.4) is 0 Å². The van der Waals surface area contributed by atoms with Gasteiger partial charge in [-0.05, 0) is 25.3 Å². The van der Waals surface area contributed by atoms with Gasteiger partial charge < -0.3 is 4.90 Å². The van der Waals surface area contributed by atoms with Crippen LogP contribution in [0.2, 0.25) is 0 Å². The molecule has 3 rings (SSSR count). The van der Waals surface area contributed by atoms with E-state index in [1.165, 1.54) is 11.8 Å². The van der Waals surface area contributed by atoms with Crippen LogP contribution in [0.4, 0.5) is 0 Å². The van der Waals surface area contributed by atoms with E-state index in [1.807, 2.05) is 42.2 Å². The van der Waals surface area contributed by atoms with Crippen LogP contribution in [0.5, 0.6) is 0 Å². The molecule has 0 N–H and O–H groups in total. The van der Waals surface area contributed by atoms with Gasteiger partial charge in [0.2, 0.25) is 0 Å². The molecule has 2 fully saturated rings. The van der Waals surface area contributed by atoms with Crippen molar-refractivity contribution in [2.75, 3.05) is 24.6 Å². The fourth-order valence-electron chi connectivity index (χ4n) is 3.21. The average molecular weight is 411 g/mol. The summed E-state index contributed by atoms with van der Waals surface area (Å²) in [5.41, 5.74) is 1.16. The minimum atomic E-state index is -2.96. The Hall–Kier alpha value is -1.38. The largest absolute Gasteiger partial charge is 0.373 e. The van der Waals surface area contributed by atoms with Gasteiger partial charge in [0.15, 0.2) is 9.84 Å². The second-order valence-electron chi connectivity index (χ2n) is 6.44. The first-order valence-electron chi connectivity index (χ1n) is 8.65. The van der Waals surface area contributed by atoms with E-state index < -0.39 is 9.84 Å². The van der Waals surface area contributed by atoms with Crippen molar-refractivity contribution >= 4 is 44.0 Å². The summed E-state index contributed by atoms with van der Waals surface area (Å²) >= 11 is 6.68. The molecular formula is C18H22N2O3S3. The second kappa shape index (κ2) is 8.10. The normalized spacial score (nSPS) is 23.8. The molecule has 8 heteroatoms. The summed E-state index contributed by atoms with van der Waals surface area (Å²) in [6.07, 6.45) is 3.16. The second-order valence-corrected chi connectivity index (χ2v) is 10.3. The van der Waals surface area contributed by atoms with E-state index in [9.17, 15) is 13.2 Å². The minimum absolute atomic E-state index is 0.0576. The molecule has 2 heterocycles. The van der Waals surface area contributed by atoms with Crippen molar-refractivity contribution in [1.29, 1.82) is 0 Å². The summed E-state index contributed by atoms with van der Waals surface area (Å²) < 4.78 is 24.0. The predicted octanol–water partition coefficient (Wildman–Crippen LogP) is 2.44. The maximum Gasteiger partial charge on any atom is 0.267 e. The number of hydrogen-bond donors (Lipinski definition) is 0. The lowest BCUT2D eigenvalue weighted by Gasteiger charge is -2.25. The third-order valence-corrected chi connectivity index (χ3v) is 7.78. The van der Waals surface area contributed by atoms with Gasteiger partial charge in [0, 0.05) is 25.3 Å². The van der Waals surface area contributed by atoms with Gasteiger partial charge in [0.25, 0.3) is 5.91 Å². The molecule has 2 saturated heterocycles. The Morgan fingerprint density at radius 1 is 1.35 bits per heavy atom. The Balaban J connectivity index is 1.68. The molecule has 0 aliphatic carbocycles. The molecule has 1 unspecified atom stereocenters. The van der Waals surface area contributed by atoms with Crippen molar-refractivity contribution in [3.8, 4) is 0 Å². The molecule has 1 amide bonds. The highest BCUT2D eigenvalue weighted by atomic mass is 32.2. The SMILES string of the molecule is CCN(/C=C1\SC(=S)N(CCc2ccccc2)C1=O)C1CCS(=O)(=O)C1. The van der Waals surface area contributed by atoms with E-state index >= 15 is 0 Å². The van der Waals surface area contributed by atoms with Gasteiger partial charge in [-0.15, -0.1) is 0 Å². The van der Waals surface area contributed by atoms with Gasteiger partial charge in [-0.1, -0.05) is 54.3 Å². The summed E-state index contributed by atoms with van der Waals surface area (Å²) in [5.74, 6) is 0.293. The minimum Gasteiger partial charge on any atom is -0.373 e. The number of sulfone groups is 1. The molecule has 0 spiro atoms. The monoisotopic (exact) mass is 410 g/mol. The highest BCUT2D eigenvalue weighted by Crippen LogP contribution is 2.32. The van der Waals surface area contributed by atoms with Gasteiger partial charge in [0.1, 0.15) is 4.32 Å². The first kappa shape index (κ1) is 19.4. The molecular weight excluding hydrogens is 388 g/mol. The van der Waals surface area contributed by atoms with Crippen molar-refractivity contribution in [1.82, 2.24) is 9.80 Å². The molecule has 0 aromatic heterocycles. The Labute approximate surface area is 164 Å². The molecule has 140 valence electrons. The Bertz CT molecular complexity index is 821. The number of thioether (sulfide) groups is 1. The first-order valence-corrected chi connectivity index (χ1v) is 11.7.